The number of rotatable bonds is 8. The number of sulfone groups is 1. The van der Waals surface area contributed by atoms with E-state index in [1.54, 1.807) is 26.1 Å². The Labute approximate surface area is 155 Å². The van der Waals surface area contributed by atoms with E-state index in [1.807, 2.05) is 19.9 Å². The van der Waals surface area contributed by atoms with E-state index in [9.17, 15) is 13.2 Å². The van der Waals surface area contributed by atoms with Crippen molar-refractivity contribution in [1.82, 2.24) is 4.90 Å². The molecule has 146 valence electrons. The van der Waals surface area contributed by atoms with Crippen molar-refractivity contribution in [1.29, 1.82) is 0 Å². The summed E-state index contributed by atoms with van der Waals surface area (Å²) in [6.07, 6.45) is 0.487. The molecular formula is C18H28N2O5S. The Morgan fingerprint density at radius 1 is 1.31 bits per heavy atom. The molecule has 0 aliphatic carbocycles. The summed E-state index contributed by atoms with van der Waals surface area (Å²) in [6, 6.07) is 4.64. The standard InChI is InChI=1S/C18H28N2O5S/c1-5-24-15-7-8-17(25-6-2)16(11-15)19-13(3)18(21)20(4)14-9-10-26(22,23)12-14/h7-8,11,13-14,19H,5-6,9-10,12H2,1-4H3/t13-,14-/m0/s1. The van der Waals surface area contributed by atoms with E-state index in [2.05, 4.69) is 5.32 Å². The largest absolute Gasteiger partial charge is 0.494 e. The molecule has 26 heavy (non-hydrogen) atoms. The number of anilines is 1. The molecule has 0 unspecified atom stereocenters. The van der Waals surface area contributed by atoms with Crippen molar-refractivity contribution in [3.05, 3.63) is 18.2 Å². The molecule has 7 nitrogen and oxygen atoms in total. The molecule has 1 saturated heterocycles. The number of likely N-dealkylation sites (N-methyl/N-ethyl adjacent to an activating group) is 1. The number of benzene rings is 1. The number of ether oxygens (including phenoxy) is 2. The lowest BCUT2D eigenvalue weighted by molar-refractivity contribution is -0.132. The first-order valence-electron chi connectivity index (χ1n) is 8.90. The lowest BCUT2D eigenvalue weighted by Crippen LogP contribution is -2.45. The number of nitrogens with zero attached hydrogens (tertiary/aromatic N) is 1. The molecule has 1 fully saturated rings. The van der Waals surface area contributed by atoms with Crippen molar-refractivity contribution in [2.75, 3.05) is 37.1 Å². The van der Waals surface area contributed by atoms with Crippen LogP contribution >= 0.6 is 0 Å². The van der Waals surface area contributed by atoms with Gasteiger partial charge in [-0.2, -0.15) is 0 Å². The molecule has 1 amide bonds. The summed E-state index contributed by atoms with van der Waals surface area (Å²) in [5, 5.41) is 3.17. The van der Waals surface area contributed by atoms with E-state index in [1.165, 1.54) is 4.90 Å². The monoisotopic (exact) mass is 384 g/mol. The fourth-order valence-corrected chi connectivity index (χ4v) is 4.80. The van der Waals surface area contributed by atoms with Crippen LogP contribution in [0.3, 0.4) is 0 Å². The number of hydrogen-bond acceptors (Lipinski definition) is 6. The molecule has 8 heteroatoms. The van der Waals surface area contributed by atoms with Gasteiger partial charge in [-0.15, -0.1) is 0 Å². The average molecular weight is 384 g/mol. The topological polar surface area (TPSA) is 84.9 Å². The van der Waals surface area contributed by atoms with Gasteiger partial charge in [-0.1, -0.05) is 0 Å². The molecule has 0 saturated carbocycles. The number of carbonyl (C=O) groups excluding carboxylic acids is 1. The molecule has 2 atom stereocenters. The minimum atomic E-state index is -3.04. The van der Waals surface area contributed by atoms with E-state index >= 15 is 0 Å². The van der Waals surface area contributed by atoms with Gasteiger partial charge in [-0.05, 0) is 39.3 Å². The molecule has 2 rings (SSSR count). The van der Waals surface area contributed by atoms with Gasteiger partial charge in [0.15, 0.2) is 9.84 Å². The zero-order valence-electron chi connectivity index (χ0n) is 15.8. The lowest BCUT2D eigenvalue weighted by Gasteiger charge is -2.27. The van der Waals surface area contributed by atoms with Gasteiger partial charge in [-0.25, -0.2) is 8.42 Å². The van der Waals surface area contributed by atoms with Crippen LogP contribution in [0.5, 0.6) is 11.5 Å². The van der Waals surface area contributed by atoms with E-state index in [4.69, 9.17) is 9.47 Å². The third-order valence-corrected chi connectivity index (χ3v) is 6.16. The van der Waals surface area contributed by atoms with Crippen LogP contribution in [0.15, 0.2) is 18.2 Å². The van der Waals surface area contributed by atoms with Gasteiger partial charge >= 0.3 is 0 Å². The molecule has 1 aromatic carbocycles. The molecule has 0 aromatic heterocycles. The van der Waals surface area contributed by atoms with Gasteiger partial charge in [0.1, 0.15) is 17.5 Å². The molecule has 0 spiro atoms. The highest BCUT2D eigenvalue weighted by atomic mass is 32.2. The van der Waals surface area contributed by atoms with Crippen LogP contribution in [0.1, 0.15) is 27.2 Å². The Hall–Kier alpha value is -1.96. The lowest BCUT2D eigenvalue weighted by atomic mass is 10.2. The maximum Gasteiger partial charge on any atom is 0.244 e. The first kappa shape index (κ1) is 20.4. The van der Waals surface area contributed by atoms with Gasteiger partial charge in [0.2, 0.25) is 5.91 Å². The Balaban J connectivity index is 2.11. The second-order valence-electron chi connectivity index (χ2n) is 6.40. The number of nitrogens with one attached hydrogen (secondary N) is 1. The number of carbonyl (C=O) groups is 1. The summed E-state index contributed by atoms with van der Waals surface area (Å²) >= 11 is 0. The molecule has 0 radical (unpaired) electrons. The van der Waals surface area contributed by atoms with Crippen LogP contribution in [0, 0.1) is 0 Å². The first-order valence-corrected chi connectivity index (χ1v) is 10.7. The van der Waals surface area contributed by atoms with E-state index in [0.717, 1.165) is 0 Å². The molecule has 1 aliphatic rings. The van der Waals surface area contributed by atoms with Gasteiger partial charge < -0.3 is 19.7 Å². The molecule has 1 aliphatic heterocycles. The van der Waals surface area contributed by atoms with Crippen LogP contribution in [-0.4, -0.2) is 63.1 Å². The maximum absolute atomic E-state index is 12.7. The fraction of sp³-hybridized carbons (Fsp3) is 0.611. The maximum atomic E-state index is 12.7. The van der Waals surface area contributed by atoms with Gasteiger partial charge in [0, 0.05) is 19.2 Å². The van der Waals surface area contributed by atoms with Crippen LogP contribution in [0.2, 0.25) is 0 Å². The van der Waals surface area contributed by atoms with Crippen LogP contribution in [-0.2, 0) is 14.6 Å². The summed E-state index contributed by atoms with van der Waals surface area (Å²) < 4.78 is 34.5. The molecule has 1 N–H and O–H groups in total. The molecular weight excluding hydrogens is 356 g/mol. The number of amides is 1. The average Bonchev–Trinajstić information content (AvgIpc) is 2.96. The highest BCUT2D eigenvalue weighted by Gasteiger charge is 2.34. The molecule has 0 bridgehead atoms. The minimum absolute atomic E-state index is 0.0337. The number of hydrogen-bond donors (Lipinski definition) is 1. The Kier molecular flexibility index (Phi) is 6.75. The summed E-state index contributed by atoms with van der Waals surface area (Å²) in [7, 11) is -1.38. The van der Waals surface area contributed by atoms with Crippen molar-refractivity contribution < 1.29 is 22.7 Å². The van der Waals surface area contributed by atoms with E-state index in [-0.39, 0.29) is 23.5 Å². The van der Waals surface area contributed by atoms with Crippen LogP contribution in [0.4, 0.5) is 5.69 Å². The smallest absolute Gasteiger partial charge is 0.244 e. The van der Waals surface area contributed by atoms with Crippen molar-refractivity contribution in [2.45, 2.75) is 39.3 Å². The zero-order chi connectivity index (χ0) is 19.3. The second kappa shape index (κ2) is 8.62. The third kappa shape index (κ3) is 5.03. The van der Waals surface area contributed by atoms with Crippen molar-refractivity contribution in [3.8, 4) is 11.5 Å². The second-order valence-corrected chi connectivity index (χ2v) is 8.62. The highest BCUT2D eigenvalue weighted by molar-refractivity contribution is 7.91. The summed E-state index contributed by atoms with van der Waals surface area (Å²) in [4.78, 5) is 14.3. The van der Waals surface area contributed by atoms with Crippen LogP contribution in [0.25, 0.3) is 0 Å². The molecule has 1 heterocycles. The molecule has 1 aromatic rings. The van der Waals surface area contributed by atoms with Crippen molar-refractivity contribution in [3.63, 3.8) is 0 Å². The minimum Gasteiger partial charge on any atom is -0.494 e. The van der Waals surface area contributed by atoms with Gasteiger partial charge in [0.05, 0.1) is 30.4 Å². The van der Waals surface area contributed by atoms with Gasteiger partial charge in [-0.3, -0.25) is 4.79 Å². The summed E-state index contributed by atoms with van der Waals surface area (Å²) in [5.74, 6) is 1.35. The van der Waals surface area contributed by atoms with E-state index in [0.29, 0.717) is 36.8 Å². The van der Waals surface area contributed by atoms with Crippen molar-refractivity contribution >= 4 is 21.4 Å². The van der Waals surface area contributed by atoms with E-state index < -0.39 is 15.9 Å². The Morgan fingerprint density at radius 3 is 2.58 bits per heavy atom. The fourth-order valence-electron chi connectivity index (χ4n) is 3.02. The zero-order valence-corrected chi connectivity index (χ0v) is 16.6. The highest BCUT2D eigenvalue weighted by Crippen LogP contribution is 2.30. The predicted molar refractivity (Wildman–Crippen MR) is 102 cm³/mol. The normalized spacial score (nSPS) is 19.6. The SMILES string of the molecule is CCOc1ccc(OCC)c(N[C@@H](C)C(=O)N(C)[C@H]2CCS(=O)(=O)C2)c1. The summed E-state index contributed by atoms with van der Waals surface area (Å²) in [5.41, 5.74) is 0.672. The van der Waals surface area contributed by atoms with Crippen molar-refractivity contribution in [2.24, 2.45) is 0 Å². The third-order valence-electron chi connectivity index (χ3n) is 4.41. The Bertz CT molecular complexity index is 735. The van der Waals surface area contributed by atoms with Crippen LogP contribution < -0.4 is 14.8 Å². The summed E-state index contributed by atoms with van der Waals surface area (Å²) in [6.45, 7) is 6.60. The van der Waals surface area contributed by atoms with Gasteiger partial charge in [0.25, 0.3) is 0 Å². The quantitative estimate of drug-likeness (QED) is 0.737. The predicted octanol–water partition coefficient (Wildman–Crippen LogP) is 1.93. The Morgan fingerprint density at radius 2 is 2.00 bits per heavy atom. The first-order chi connectivity index (χ1) is 12.3.